The van der Waals surface area contributed by atoms with Crippen molar-refractivity contribution < 1.29 is 19.4 Å². The zero-order chi connectivity index (χ0) is 17.6. The Morgan fingerprint density at radius 2 is 2.16 bits per heavy atom. The lowest BCUT2D eigenvalue weighted by Gasteiger charge is -2.21. The Hall–Kier alpha value is -2.15. The molecule has 7 nitrogen and oxygen atoms in total. The van der Waals surface area contributed by atoms with Gasteiger partial charge >= 0.3 is 0 Å². The third kappa shape index (κ3) is 5.42. The SMILES string of the molecule is O=C(CN1CCCCC(O)C1=O)NCc1ccc(OCC2CC2)nc1. The lowest BCUT2D eigenvalue weighted by Crippen LogP contribution is -2.44. The predicted octanol–water partition coefficient (Wildman–Crippen LogP) is 0.860. The molecule has 2 aliphatic rings. The average Bonchev–Trinajstić information content (AvgIpc) is 3.45. The molecule has 25 heavy (non-hydrogen) atoms. The van der Waals surface area contributed by atoms with E-state index >= 15 is 0 Å². The van der Waals surface area contributed by atoms with Gasteiger partial charge in [0.05, 0.1) is 13.2 Å². The Kier molecular flexibility index (Phi) is 5.86. The Morgan fingerprint density at radius 3 is 2.88 bits per heavy atom. The number of hydrogen-bond acceptors (Lipinski definition) is 5. The molecule has 1 aliphatic carbocycles. The van der Waals surface area contributed by atoms with Crippen molar-refractivity contribution in [1.82, 2.24) is 15.2 Å². The van der Waals surface area contributed by atoms with Crippen LogP contribution in [-0.4, -0.2) is 52.6 Å². The summed E-state index contributed by atoms with van der Waals surface area (Å²) in [5, 5.41) is 12.5. The number of aromatic nitrogens is 1. The molecule has 1 saturated carbocycles. The van der Waals surface area contributed by atoms with E-state index in [9.17, 15) is 14.7 Å². The summed E-state index contributed by atoms with van der Waals surface area (Å²) in [5.41, 5.74) is 0.870. The maximum atomic E-state index is 12.1. The molecule has 2 amide bonds. The summed E-state index contributed by atoms with van der Waals surface area (Å²) in [7, 11) is 0. The number of rotatable bonds is 7. The zero-order valence-corrected chi connectivity index (χ0v) is 14.3. The molecule has 1 unspecified atom stereocenters. The molecule has 2 fully saturated rings. The van der Waals surface area contributed by atoms with Gasteiger partial charge in [0.2, 0.25) is 11.8 Å². The molecule has 0 aromatic carbocycles. The van der Waals surface area contributed by atoms with Crippen molar-refractivity contribution in [1.29, 1.82) is 0 Å². The van der Waals surface area contributed by atoms with Gasteiger partial charge in [0.15, 0.2) is 0 Å². The lowest BCUT2D eigenvalue weighted by molar-refractivity contribution is -0.142. The topological polar surface area (TPSA) is 91.8 Å². The van der Waals surface area contributed by atoms with Gasteiger partial charge < -0.3 is 20.1 Å². The van der Waals surface area contributed by atoms with Crippen LogP contribution in [0.3, 0.4) is 0 Å². The summed E-state index contributed by atoms with van der Waals surface area (Å²) < 4.78 is 5.58. The fourth-order valence-corrected chi connectivity index (χ4v) is 2.76. The van der Waals surface area contributed by atoms with E-state index in [1.165, 1.54) is 17.7 Å². The van der Waals surface area contributed by atoms with Crippen LogP contribution in [-0.2, 0) is 16.1 Å². The van der Waals surface area contributed by atoms with Crippen LogP contribution in [0.25, 0.3) is 0 Å². The second kappa shape index (κ2) is 8.29. The summed E-state index contributed by atoms with van der Waals surface area (Å²) in [5.74, 6) is 0.690. The van der Waals surface area contributed by atoms with Crippen LogP contribution < -0.4 is 10.1 Å². The molecule has 1 aromatic rings. The largest absolute Gasteiger partial charge is 0.477 e. The number of pyridine rings is 1. The molecule has 3 rings (SSSR count). The van der Waals surface area contributed by atoms with Gasteiger partial charge in [0, 0.05) is 25.4 Å². The average molecular weight is 347 g/mol. The standard InChI is InChI=1S/C18H25N3O4/c22-15-3-1-2-8-21(18(15)24)11-16(23)19-9-14-6-7-17(20-10-14)25-12-13-4-5-13/h6-7,10,13,15,22H,1-5,8-9,11-12H2,(H,19,23). The number of ether oxygens (including phenoxy) is 1. The van der Waals surface area contributed by atoms with Crippen LogP contribution in [0, 0.1) is 5.92 Å². The summed E-state index contributed by atoms with van der Waals surface area (Å²) in [6.45, 7) is 1.56. The third-order valence-electron chi connectivity index (χ3n) is 4.54. The highest BCUT2D eigenvalue weighted by Gasteiger charge is 2.26. The van der Waals surface area contributed by atoms with Crippen molar-refractivity contribution in [3.8, 4) is 5.88 Å². The Morgan fingerprint density at radius 1 is 1.32 bits per heavy atom. The van der Waals surface area contributed by atoms with Crippen LogP contribution in [0.4, 0.5) is 0 Å². The van der Waals surface area contributed by atoms with Crippen LogP contribution in [0.2, 0.25) is 0 Å². The number of aliphatic hydroxyl groups is 1. The molecule has 1 atom stereocenters. The Labute approximate surface area is 147 Å². The third-order valence-corrected chi connectivity index (χ3v) is 4.54. The van der Waals surface area contributed by atoms with Crippen molar-refractivity contribution in [2.75, 3.05) is 19.7 Å². The normalized spacial score (nSPS) is 20.9. The van der Waals surface area contributed by atoms with Crippen molar-refractivity contribution in [3.05, 3.63) is 23.9 Å². The minimum absolute atomic E-state index is 0.0219. The quantitative estimate of drug-likeness (QED) is 0.763. The first-order valence-electron chi connectivity index (χ1n) is 8.93. The second-order valence-electron chi connectivity index (χ2n) is 6.81. The number of nitrogens with zero attached hydrogens (tertiary/aromatic N) is 2. The van der Waals surface area contributed by atoms with Crippen LogP contribution in [0.15, 0.2) is 18.3 Å². The summed E-state index contributed by atoms with van der Waals surface area (Å²) in [4.78, 5) is 29.7. The summed E-state index contributed by atoms with van der Waals surface area (Å²) in [6.07, 6.45) is 5.25. The molecule has 0 spiro atoms. The van der Waals surface area contributed by atoms with Gasteiger partial charge in [0.1, 0.15) is 6.10 Å². The maximum absolute atomic E-state index is 12.1. The number of carbonyl (C=O) groups excluding carboxylic acids is 2. The van der Waals surface area contributed by atoms with Gasteiger partial charge in [-0.15, -0.1) is 0 Å². The monoisotopic (exact) mass is 347 g/mol. The van der Waals surface area contributed by atoms with Crippen LogP contribution in [0.1, 0.15) is 37.7 Å². The maximum Gasteiger partial charge on any atom is 0.251 e. The molecule has 136 valence electrons. The van der Waals surface area contributed by atoms with Gasteiger partial charge in [-0.2, -0.15) is 0 Å². The molecular weight excluding hydrogens is 322 g/mol. The molecule has 2 N–H and O–H groups in total. The smallest absolute Gasteiger partial charge is 0.251 e. The molecule has 7 heteroatoms. The van der Waals surface area contributed by atoms with E-state index in [4.69, 9.17) is 4.74 Å². The van der Waals surface area contributed by atoms with E-state index in [0.29, 0.717) is 31.3 Å². The predicted molar refractivity (Wildman–Crippen MR) is 90.7 cm³/mol. The molecule has 0 bridgehead atoms. The first-order chi connectivity index (χ1) is 12.1. The highest BCUT2D eigenvalue weighted by molar-refractivity contribution is 5.87. The molecule has 1 aliphatic heterocycles. The number of carbonyl (C=O) groups is 2. The van der Waals surface area contributed by atoms with E-state index in [1.54, 1.807) is 12.3 Å². The first kappa shape index (κ1) is 17.7. The molecule has 1 saturated heterocycles. The minimum Gasteiger partial charge on any atom is -0.477 e. The molecule has 1 aromatic heterocycles. The van der Waals surface area contributed by atoms with Gasteiger partial charge in [-0.25, -0.2) is 4.98 Å². The number of aliphatic hydroxyl groups excluding tert-OH is 1. The fraction of sp³-hybridized carbons (Fsp3) is 0.611. The van der Waals surface area contributed by atoms with Gasteiger partial charge in [-0.05, 0) is 43.6 Å². The fourth-order valence-electron chi connectivity index (χ4n) is 2.76. The number of amides is 2. The highest BCUT2D eigenvalue weighted by atomic mass is 16.5. The molecule has 2 heterocycles. The van der Waals surface area contributed by atoms with Crippen molar-refractivity contribution in [2.24, 2.45) is 5.92 Å². The summed E-state index contributed by atoms with van der Waals surface area (Å²) in [6, 6.07) is 3.68. The van der Waals surface area contributed by atoms with Gasteiger partial charge in [-0.3, -0.25) is 9.59 Å². The lowest BCUT2D eigenvalue weighted by atomic mass is 10.2. The van der Waals surface area contributed by atoms with Crippen molar-refractivity contribution >= 4 is 11.8 Å². The second-order valence-corrected chi connectivity index (χ2v) is 6.81. The van der Waals surface area contributed by atoms with E-state index in [1.807, 2.05) is 6.07 Å². The van der Waals surface area contributed by atoms with Crippen molar-refractivity contribution in [2.45, 2.75) is 44.8 Å². The summed E-state index contributed by atoms with van der Waals surface area (Å²) >= 11 is 0. The van der Waals surface area contributed by atoms with E-state index in [-0.39, 0.29) is 18.4 Å². The van der Waals surface area contributed by atoms with Crippen molar-refractivity contribution in [3.63, 3.8) is 0 Å². The Balaban J connectivity index is 1.42. The van der Waals surface area contributed by atoms with Gasteiger partial charge in [-0.1, -0.05) is 6.07 Å². The minimum atomic E-state index is -0.984. The number of hydrogen-bond donors (Lipinski definition) is 2. The van der Waals surface area contributed by atoms with Crippen LogP contribution in [0.5, 0.6) is 5.88 Å². The van der Waals surface area contributed by atoms with Gasteiger partial charge in [0.25, 0.3) is 5.91 Å². The van der Waals surface area contributed by atoms with E-state index in [0.717, 1.165) is 25.0 Å². The number of likely N-dealkylation sites (tertiary alicyclic amines) is 1. The zero-order valence-electron chi connectivity index (χ0n) is 14.3. The number of nitrogens with one attached hydrogen (secondary N) is 1. The first-order valence-corrected chi connectivity index (χ1v) is 8.93. The molecule has 0 radical (unpaired) electrons. The van der Waals surface area contributed by atoms with E-state index < -0.39 is 6.10 Å². The molecular formula is C18H25N3O4. The van der Waals surface area contributed by atoms with Crippen LogP contribution >= 0.6 is 0 Å². The van der Waals surface area contributed by atoms with E-state index in [2.05, 4.69) is 10.3 Å². The highest BCUT2D eigenvalue weighted by Crippen LogP contribution is 2.29. The Bertz CT molecular complexity index is 601.